The van der Waals surface area contributed by atoms with Gasteiger partial charge in [0.05, 0.1) is 22.8 Å². The zero-order valence-electron chi connectivity index (χ0n) is 48.2. The van der Waals surface area contributed by atoms with Crippen LogP contribution in [0.1, 0.15) is 87.5 Å². The number of carbonyl (C=O) groups is 10. The standard InChI is InChI=1S/C59H78N6O16/c1-30-22-38-48(42(66)28-40(52(38)70)64-56(72)32(3)16-13-18-44(76-9)54(80-58(60)74)36(7)26-34(5)50(68)46(24-30)78-11)62-20-15-21-63-49-39-23-31(2)25-47(79-12)51(69)35(6)27-37(8)55(81-59(61)75)45(77-10)19-14-17-33(4)57(73)65-41(53(39)71)29-43(49)67/h13-14,16-19,26-31,34-35,44-47,54-55,62-63H,15,20-25H2,1-12H3,(H2,60,74)(H2,61,75)(H,64,72)(H,65,73)/b18-13-,19-14-,32-16+,33-17+,36-26+,37-27+. The Kier molecular flexibility index (Phi) is 25.0. The minimum Gasteiger partial charge on any atom is -0.439 e. The number of ketones is 6. The first-order valence-electron chi connectivity index (χ1n) is 26.6. The van der Waals surface area contributed by atoms with Crippen molar-refractivity contribution in [3.8, 4) is 0 Å². The molecule has 440 valence electrons. The second-order valence-corrected chi connectivity index (χ2v) is 20.7. The lowest BCUT2D eigenvalue weighted by Gasteiger charge is -2.26. The molecule has 0 aromatic rings. The van der Waals surface area contributed by atoms with Crippen molar-refractivity contribution in [2.45, 2.75) is 124 Å². The first kappa shape index (κ1) is 65.9. The summed E-state index contributed by atoms with van der Waals surface area (Å²) in [6, 6.07) is 0. The summed E-state index contributed by atoms with van der Waals surface area (Å²) in [6.07, 6.45) is 6.63. The van der Waals surface area contributed by atoms with Crippen LogP contribution in [0.4, 0.5) is 9.59 Å². The smallest absolute Gasteiger partial charge is 0.405 e. The Labute approximate surface area is 472 Å². The van der Waals surface area contributed by atoms with E-state index in [0.717, 1.165) is 12.2 Å². The van der Waals surface area contributed by atoms with Crippen molar-refractivity contribution in [3.63, 3.8) is 0 Å². The molecule has 4 bridgehead atoms. The van der Waals surface area contributed by atoms with E-state index in [1.54, 1.807) is 53.7 Å². The van der Waals surface area contributed by atoms with Gasteiger partial charge in [0.2, 0.25) is 23.1 Å². The molecule has 4 rings (SSSR count). The summed E-state index contributed by atoms with van der Waals surface area (Å²) >= 11 is 0. The first-order chi connectivity index (χ1) is 38.3. The molecule has 0 aromatic heterocycles. The highest BCUT2D eigenvalue weighted by atomic mass is 16.6. The molecule has 0 saturated carbocycles. The van der Waals surface area contributed by atoms with E-state index >= 15 is 0 Å². The Morgan fingerprint density at radius 2 is 0.926 bits per heavy atom. The molecule has 4 amide bonds. The van der Waals surface area contributed by atoms with Crippen molar-refractivity contribution in [1.82, 2.24) is 21.3 Å². The van der Waals surface area contributed by atoms with Gasteiger partial charge in [-0.25, -0.2) is 9.59 Å². The van der Waals surface area contributed by atoms with E-state index in [1.165, 1.54) is 78.7 Å². The number of carbonyl (C=O) groups excluding carboxylic acids is 10. The van der Waals surface area contributed by atoms with Gasteiger partial charge in [0, 0.05) is 87.8 Å². The predicted octanol–water partition coefficient (Wildman–Crippen LogP) is 4.52. The average Bonchev–Trinajstić information content (AvgIpc) is 3.45. The maximum atomic E-state index is 14.3. The highest BCUT2D eigenvalue weighted by Gasteiger charge is 2.36. The number of nitrogens with two attached hydrogens (primary N) is 2. The molecule has 22 nitrogen and oxygen atoms in total. The topological polar surface area (TPSA) is 326 Å². The Hall–Kier alpha value is -7.66. The van der Waals surface area contributed by atoms with Crippen LogP contribution in [0.5, 0.6) is 0 Å². The van der Waals surface area contributed by atoms with Crippen LogP contribution in [0.15, 0.2) is 117 Å². The lowest BCUT2D eigenvalue weighted by Crippen LogP contribution is -2.38. The Balaban J connectivity index is 1.65. The van der Waals surface area contributed by atoms with Crippen molar-refractivity contribution in [2.24, 2.45) is 35.1 Å². The number of nitrogens with one attached hydrogen (secondary N) is 4. The molecule has 0 aromatic carbocycles. The van der Waals surface area contributed by atoms with Crippen LogP contribution in [-0.4, -0.2) is 137 Å². The second-order valence-electron chi connectivity index (χ2n) is 20.7. The van der Waals surface area contributed by atoms with Gasteiger partial charge in [-0.3, -0.25) is 38.4 Å². The normalized spacial score (nSPS) is 30.9. The van der Waals surface area contributed by atoms with E-state index in [2.05, 4.69) is 21.3 Å². The number of methoxy groups -OCH3 is 4. The van der Waals surface area contributed by atoms with Gasteiger partial charge in [-0.15, -0.1) is 0 Å². The number of ether oxygens (including phenoxy) is 6. The highest BCUT2D eigenvalue weighted by Crippen LogP contribution is 2.30. The fourth-order valence-corrected chi connectivity index (χ4v) is 9.75. The summed E-state index contributed by atoms with van der Waals surface area (Å²) in [6.45, 7) is 13.3. The van der Waals surface area contributed by atoms with Crippen molar-refractivity contribution in [3.05, 3.63) is 117 Å². The van der Waals surface area contributed by atoms with E-state index in [0.29, 0.717) is 11.1 Å². The molecular formula is C59H78N6O16. The molecule has 0 spiro atoms. The number of Topliss-reactive ketones (excluding diaryl/α,β-unsaturated/α-hetero) is 4. The number of fused-ring (bicyclic) bond motifs is 4. The number of amides is 4. The van der Waals surface area contributed by atoms with Gasteiger partial charge < -0.3 is 61.2 Å². The Morgan fingerprint density at radius 1 is 0.568 bits per heavy atom. The van der Waals surface area contributed by atoms with E-state index in [9.17, 15) is 47.9 Å². The van der Waals surface area contributed by atoms with Gasteiger partial charge in [-0.2, -0.15) is 0 Å². The summed E-state index contributed by atoms with van der Waals surface area (Å²) < 4.78 is 33.4. The molecular weight excluding hydrogens is 1050 g/mol. The fraction of sp³-hybridized carbons (Fsp3) is 0.492. The Morgan fingerprint density at radius 3 is 1.25 bits per heavy atom. The van der Waals surface area contributed by atoms with Crippen LogP contribution in [0.3, 0.4) is 0 Å². The van der Waals surface area contributed by atoms with Crippen molar-refractivity contribution < 1.29 is 76.4 Å². The minimum absolute atomic E-state index is 0.0237. The van der Waals surface area contributed by atoms with E-state index in [-0.39, 0.29) is 102 Å². The van der Waals surface area contributed by atoms with E-state index in [4.69, 9.17) is 39.9 Å². The fourth-order valence-electron chi connectivity index (χ4n) is 9.75. The maximum Gasteiger partial charge on any atom is 0.405 e. The lowest BCUT2D eigenvalue weighted by atomic mass is 9.85. The molecule has 10 unspecified atom stereocenters. The molecule has 2 aliphatic carbocycles. The molecule has 22 heteroatoms. The third kappa shape index (κ3) is 18.2. The van der Waals surface area contributed by atoms with Crippen LogP contribution in [0, 0.1) is 23.7 Å². The van der Waals surface area contributed by atoms with E-state index in [1.807, 2.05) is 0 Å². The number of primary amides is 2. The quantitative estimate of drug-likeness (QED) is 0.0888. The van der Waals surface area contributed by atoms with Crippen LogP contribution in [0.2, 0.25) is 0 Å². The van der Waals surface area contributed by atoms with Crippen LogP contribution >= 0.6 is 0 Å². The zero-order valence-corrected chi connectivity index (χ0v) is 48.2. The summed E-state index contributed by atoms with van der Waals surface area (Å²) in [5.41, 5.74) is 11.5. The summed E-state index contributed by atoms with van der Waals surface area (Å²) in [7, 11) is 5.52. The van der Waals surface area contributed by atoms with Gasteiger partial charge in [0.1, 0.15) is 24.4 Å². The SMILES string of the molecule is COC1CC(C)CC2=C(NCCCNC3=C4CC(C)CC(OC)C(=O)C(C)/C=C(\C)C(OC(N)=O)C(OC)/C=C\C=C(/C)C(=O)NC(=CC3=O)C4=O)C(=O)C=C(NC(=O)/C(C)=C/C=C\C(OC)C(OC(N)=O)/C(C)=C/C(C)C1=O)C2=O. The highest BCUT2D eigenvalue weighted by molar-refractivity contribution is 6.24. The molecule has 4 aliphatic rings. The lowest BCUT2D eigenvalue weighted by molar-refractivity contribution is -0.132. The van der Waals surface area contributed by atoms with Crippen molar-refractivity contribution in [1.29, 1.82) is 0 Å². The molecule has 2 aliphatic heterocycles. The predicted molar refractivity (Wildman–Crippen MR) is 298 cm³/mol. The van der Waals surface area contributed by atoms with Gasteiger partial charge in [0.15, 0.2) is 23.8 Å². The zero-order chi connectivity index (χ0) is 60.4. The third-order valence-electron chi connectivity index (χ3n) is 14.1. The van der Waals surface area contributed by atoms with E-state index < -0.39 is 107 Å². The summed E-state index contributed by atoms with van der Waals surface area (Å²) in [5, 5.41) is 11.3. The summed E-state index contributed by atoms with van der Waals surface area (Å²) in [4.78, 5) is 135. The number of hydrogen-bond acceptors (Lipinski definition) is 18. The molecule has 8 N–H and O–H groups in total. The number of rotatable bonds is 12. The van der Waals surface area contributed by atoms with Gasteiger partial charge >= 0.3 is 12.2 Å². The molecule has 0 fully saturated rings. The largest absolute Gasteiger partial charge is 0.439 e. The molecule has 0 radical (unpaired) electrons. The monoisotopic (exact) mass is 1130 g/mol. The van der Waals surface area contributed by atoms with Gasteiger partial charge in [-0.1, -0.05) is 76.3 Å². The second kappa shape index (κ2) is 30.8. The first-order valence-corrected chi connectivity index (χ1v) is 26.6. The molecule has 2 heterocycles. The van der Waals surface area contributed by atoms with Crippen molar-refractivity contribution >= 4 is 58.7 Å². The Bertz CT molecular complexity index is 2620. The summed E-state index contributed by atoms with van der Waals surface area (Å²) in [5.74, 6) is -6.90. The maximum absolute atomic E-state index is 14.3. The minimum atomic E-state index is -1.08. The molecule has 10 atom stereocenters. The third-order valence-corrected chi connectivity index (χ3v) is 14.1. The number of allylic oxidation sites excluding steroid dienone is 10. The van der Waals surface area contributed by atoms with Crippen LogP contribution in [0.25, 0.3) is 0 Å². The molecule has 81 heavy (non-hydrogen) atoms. The van der Waals surface area contributed by atoms with Crippen LogP contribution in [-0.2, 0) is 66.8 Å². The number of hydrogen-bond donors (Lipinski definition) is 6. The van der Waals surface area contributed by atoms with Gasteiger partial charge in [0.25, 0.3) is 11.8 Å². The van der Waals surface area contributed by atoms with Crippen LogP contribution < -0.4 is 32.7 Å². The van der Waals surface area contributed by atoms with Crippen molar-refractivity contribution in [2.75, 3.05) is 41.5 Å². The van der Waals surface area contributed by atoms with Gasteiger partial charge in [-0.05, 0) is 82.8 Å². The average molecular weight is 1130 g/mol. The molecule has 0 saturated heterocycles.